The second-order valence-corrected chi connectivity index (χ2v) is 3.40. The molecule has 0 radical (unpaired) electrons. The molecule has 2 heterocycles. The van der Waals surface area contributed by atoms with Crippen LogP contribution in [0.3, 0.4) is 0 Å². The Kier molecular flexibility index (Phi) is 2.86. The van der Waals surface area contributed by atoms with Crippen molar-refractivity contribution in [3.8, 4) is 0 Å². The molecule has 4 nitrogen and oxygen atoms in total. The molecule has 1 fully saturated rings. The second kappa shape index (κ2) is 4.13. The Bertz CT molecular complexity index is 265. The van der Waals surface area contributed by atoms with E-state index in [1.807, 2.05) is 12.1 Å². The van der Waals surface area contributed by atoms with Crippen molar-refractivity contribution in [1.29, 1.82) is 0 Å². The van der Waals surface area contributed by atoms with Gasteiger partial charge in [-0.25, -0.2) is 0 Å². The zero-order valence-electron chi connectivity index (χ0n) is 8.07. The minimum absolute atomic E-state index is 0.549. The first-order valence-corrected chi connectivity index (χ1v) is 4.85. The van der Waals surface area contributed by atoms with Crippen LogP contribution in [-0.4, -0.2) is 25.5 Å². The average molecular weight is 197 g/mol. The molecule has 0 bridgehead atoms. The molecule has 1 saturated heterocycles. The third kappa shape index (κ3) is 1.97. The summed E-state index contributed by atoms with van der Waals surface area (Å²) in [4.78, 5) is 0. The van der Waals surface area contributed by atoms with Crippen LogP contribution in [0.2, 0.25) is 0 Å². The van der Waals surface area contributed by atoms with Gasteiger partial charge in [0.2, 0.25) is 0 Å². The van der Waals surface area contributed by atoms with Gasteiger partial charge in [-0.3, -0.25) is 0 Å². The van der Waals surface area contributed by atoms with Gasteiger partial charge in [-0.2, -0.15) is 0 Å². The maximum atomic E-state index is 5.59. The van der Waals surface area contributed by atoms with Gasteiger partial charge in [0.1, 0.15) is 5.76 Å². The molecule has 0 saturated carbocycles. The van der Waals surface area contributed by atoms with E-state index in [2.05, 4.69) is 0 Å². The van der Waals surface area contributed by atoms with E-state index >= 15 is 0 Å². The Hall–Kier alpha value is -0.840. The number of rotatable bonds is 4. The number of hydrogen-bond donors (Lipinski definition) is 1. The highest BCUT2D eigenvalue weighted by molar-refractivity contribution is 5.02. The zero-order valence-corrected chi connectivity index (χ0v) is 8.07. The fourth-order valence-electron chi connectivity index (χ4n) is 1.73. The number of ether oxygens (including phenoxy) is 2. The van der Waals surface area contributed by atoms with Crippen molar-refractivity contribution < 1.29 is 13.9 Å². The standard InChI is InChI=1S/C10H15NO3/c11-4-3-10(13-6-7-14-10)8-9-2-1-5-12-9/h1-2,5H,3-4,6-8,11H2. The molecular formula is C10H15NO3. The van der Waals surface area contributed by atoms with Gasteiger partial charge in [0.05, 0.1) is 25.9 Å². The minimum Gasteiger partial charge on any atom is -0.469 e. The highest BCUT2D eigenvalue weighted by atomic mass is 16.7. The Balaban J connectivity index is 2.04. The maximum Gasteiger partial charge on any atom is 0.176 e. The van der Waals surface area contributed by atoms with Crippen molar-refractivity contribution in [1.82, 2.24) is 0 Å². The number of furan rings is 1. The quantitative estimate of drug-likeness (QED) is 0.779. The van der Waals surface area contributed by atoms with Gasteiger partial charge in [0.15, 0.2) is 5.79 Å². The lowest BCUT2D eigenvalue weighted by molar-refractivity contribution is -0.161. The van der Waals surface area contributed by atoms with E-state index in [-0.39, 0.29) is 0 Å². The minimum atomic E-state index is -0.549. The van der Waals surface area contributed by atoms with Crippen LogP contribution in [0.5, 0.6) is 0 Å². The second-order valence-electron chi connectivity index (χ2n) is 3.40. The van der Waals surface area contributed by atoms with Gasteiger partial charge in [-0.1, -0.05) is 0 Å². The number of hydrogen-bond acceptors (Lipinski definition) is 4. The van der Waals surface area contributed by atoms with E-state index in [1.54, 1.807) is 6.26 Å². The van der Waals surface area contributed by atoms with Crippen LogP contribution >= 0.6 is 0 Å². The van der Waals surface area contributed by atoms with E-state index in [0.717, 1.165) is 5.76 Å². The highest BCUT2D eigenvalue weighted by Crippen LogP contribution is 2.27. The van der Waals surface area contributed by atoms with Gasteiger partial charge >= 0.3 is 0 Å². The van der Waals surface area contributed by atoms with E-state index in [1.165, 1.54) is 0 Å². The summed E-state index contributed by atoms with van der Waals surface area (Å²) in [5.41, 5.74) is 5.53. The summed E-state index contributed by atoms with van der Waals surface area (Å²) < 4.78 is 16.5. The van der Waals surface area contributed by atoms with Crippen molar-refractivity contribution >= 4 is 0 Å². The monoisotopic (exact) mass is 197 g/mol. The van der Waals surface area contributed by atoms with Crippen LogP contribution in [-0.2, 0) is 15.9 Å². The molecule has 1 aromatic rings. The van der Waals surface area contributed by atoms with Crippen LogP contribution in [0.25, 0.3) is 0 Å². The largest absolute Gasteiger partial charge is 0.469 e. The smallest absolute Gasteiger partial charge is 0.176 e. The predicted octanol–water partition coefficient (Wildman–Crippen LogP) is 0.914. The van der Waals surface area contributed by atoms with Crippen molar-refractivity contribution in [3.63, 3.8) is 0 Å². The molecule has 1 aliphatic rings. The third-order valence-corrected chi connectivity index (χ3v) is 2.36. The molecule has 2 rings (SSSR count). The molecule has 0 unspecified atom stereocenters. The number of nitrogens with two attached hydrogens (primary N) is 1. The highest BCUT2D eigenvalue weighted by Gasteiger charge is 2.36. The average Bonchev–Trinajstić information content (AvgIpc) is 2.78. The summed E-state index contributed by atoms with van der Waals surface area (Å²) in [6, 6.07) is 3.78. The first-order valence-electron chi connectivity index (χ1n) is 4.85. The van der Waals surface area contributed by atoms with Crippen molar-refractivity contribution in [2.24, 2.45) is 5.73 Å². The third-order valence-electron chi connectivity index (χ3n) is 2.36. The lowest BCUT2D eigenvalue weighted by Crippen LogP contribution is -2.35. The van der Waals surface area contributed by atoms with Crippen molar-refractivity contribution in [2.45, 2.75) is 18.6 Å². The lowest BCUT2D eigenvalue weighted by Gasteiger charge is -2.25. The Morgan fingerprint density at radius 2 is 2.14 bits per heavy atom. The van der Waals surface area contributed by atoms with Crippen LogP contribution in [0.1, 0.15) is 12.2 Å². The molecule has 0 atom stereocenters. The molecule has 0 aliphatic carbocycles. The van der Waals surface area contributed by atoms with E-state index < -0.39 is 5.79 Å². The van der Waals surface area contributed by atoms with Crippen LogP contribution in [0.4, 0.5) is 0 Å². The normalized spacial score (nSPS) is 20.1. The van der Waals surface area contributed by atoms with E-state index in [9.17, 15) is 0 Å². The zero-order chi connectivity index (χ0) is 9.86. The predicted molar refractivity (Wildman–Crippen MR) is 50.7 cm³/mol. The molecule has 1 aromatic heterocycles. The molecule has 14 heavy (non-hydrogen) atoms. The van der Waals surface area contributed by atoms with Crippen LogP contribution in [0.15, 0.2) is 22.8 Å². The summed E-state index contributed by atoms with van der Waals surface area (Å²) in [5, 5.41) is 0. The maximum absolute atomic E-state index is 5.59. The molecular weight excluding hydrogens is 182 g/mol. The summed E-state index contributed by atoms with van der Waals surface area (Å²) in [5.74, 6) is 0.326. The van der Waals surface area contributed by atoms with E-state index in [0.29, 0.717) is 32.6 Å². The molecule has 78 valence electrons. The summed E-state index contributed by atoms with van der Waals surface area (Å²) in [6.07, 6.45) is 2.99. The molecule has 4 heteroatoms. The summed E-state index contributed by atoms with van der Waals surface area (Å²) in [6.45, 7) is 1.84. The first-order chi connectivity index (χ1) is 6.85. The van der Waals surface area contributed by atoms with Crippen molar-refractivity contribution in [2.75, 3.05) is 19.8 Å². The Morgan fingerprint density at radius 3 is 2.71 bits per heavy atom. The summed E-state index contributed by atoms with van der Waals surface area (Å²) >= 11 is 0. The van der Waals surface area contributed by atoms with Crippen LogP contribution in [0, 0.1) is 0 Å². The Labute approximate surface area is 83.0 Å². The van der Waals surface area contributed by atoms with E-state index in [4.69, 9.17) is 19.6 Å². The van der Waals surface area contributed by atoms with Crippen LogP contribution < -0.4 is 5.73 Å². The van der Waals surface area contributed by atoms with Crippen molar-refractivity contribution in [3.05, 3.63) is 24.2 Å². The van der Waals surface area contributed by atoms with Gasteiger partial charge < -0.3 is 19.6 Å². The van der Waals surface area contributed by atoms with Gasteiger partial charge in [0.25, 0.3) is 0 Å². The fraction of sp³-hybridized carbons (Fsp3) is 0.600. The topological polar surface area (TPSA) is 57.6 Å². The SMILES string of the molecule is NCCC1(Cc2ccco2)OCCO1. The molecule has 1 aliphatic heterocycles. The Morgan fingerprint density at radius 1 is 1.36 bits per heavy atom. The molecule has 0 aromatic carbocycles. The molecule has 2 N–H and O–H groups in total. The van der Waals surface area contributed by atoms with Gasteiger partial charge in [-0.05, 0) is 18.7 Å². The molecule has 0 amide bonds. The van der Waals surface area contributed by atoms with Gasteiger partial charge in [-0.15, -0.1) is 0 Å². The first kappa shape index (κ1) is 9.71. The van der Waals surface area contributed by atoms with Gasteiger partial charge in [0, 0.05) is 6.42 Å². The fourth-order valence-corrected chi connectivity index (χ4v) is 1.73. The molecule has 0 spiro atoms. The lowest BCUT2D eigenvalue weighted by atomic mass is 10.1. The summed E-state index contributed by atoms with van der Waals surface area (Å²) in [7, 11) is 0.